The molecule has 0 aliphatic heterocycles. The van der Waals surface area contributed by atoms with E-state index in [4.69, 9.17) is 0 Å². The highest BCUT2D eigenvalue weighted by Gasteiger charge is 2.10. The average Bonchev–Trinajstić information content (AvgIpc) is 3.02. The summed E-state index contributed by atoms with van der Waals surface area (Å²) in [6, 6.07) is 15.6. The number of fused-ring (bicyclic) bond motifs is 1. The second kappa shape index (κ2) is 7.77. The van der Waals surface area contributed by atoms with Gasteiger partial charge >= 0.3 is 0 Å². The minimum atomic E-state index is -0.386. The fraction of sp³-hybridized carbons (Fsp3) is 0.105. The summed E-state index contributed by atoms with van der Waals surface area (Å²) in [5, 5.41) is 12.1. The summed E-state index contributed by atoms with van der Waals surface area (Å²) in [5.41, 5.74) is 2.61. The Morgan fingerprint density at radius 2 is 2.08 bits per heavy atom. The number of nitrogens with one attached hydrogen (secondary N) is 1. The van der Waals surface area contributed by atoms with Crippen molar-refractivity contribution in [3.05, 3.63) is 76.2 Å². The zero-order valence-corrected chi connectivity index (χ0v) is 14.9. The van der Waals surface area contributed by atoms with Crippen LogP contribution in [0, 0.1) is 11.3 Å². The lowest BCUT2D eigenvalue weighted by Gasteiger charge is -2.04. The average molecular weight is 395 g/mol. The molecule has 1 N–H and O–H groups in total. The first-order chi connectivity index (χ1) is 12.2. The van der Waals surface area contributed by atoms with Crippen LogP contribution in [0.1, 0.15) is 11.3 Å². The topological polar surface area (TPSA) is 70.2 Å². The number of amides is 1. The molecular formula is C19H15BrN4O. The molecule has 0 saturated heterocycles. The Balaban J connectivity index is 1.72. The van der Waals surface area contributed by atoms with Gasteiger partial charge in [0.15, 0.2) is 0 Å². The fourth-order valence-corrected chi connectivity index (χ4v) is 2.77. The van der Waals surface area contributed by atoms with Crippen LogP contribution < -0.4 is 5.32 Å². The first-order valence-electron chi connectivity index (χ1n) is 7.74. The Morgan fingerprint density at radius 1 is 1.28 bits per heavy atom. The van der Waals surface area contributed by atoms with Gasteiger partial charge in [-0.15, -0.1) is 0 Å². The third-order valence-corrected chi connectivity index (χ3v) is 4.17. The molecule has 2 heterocycles. The Morgan fingerprint density at radius 3 is 2.84 bits per heavy atom. The molecule has 0 bridgehead atoms. The highest BCUT2D eigenvalue weighted by Crippen LogP contribution is 2.15. The van der Waals surface area contributed by atoms with Gasteiger partial charge in [0.05, 0.1) is 11.9 Å². The van der Waals surface area contributed by atoms with Crippen molar-refractivity contribution in [3.63, 3.8) is 0 Å². The van der Waals surface area contributed by atoms with Crippen molar-refractivity contribution in [2.45, 2.75) is 6.42 Å². The summed E-state index contributed by atoms with van der Waals surface area (Å²) in [7, 11) is 0. The Bertz CT molecular complexity index is 970. The number of nitriles is 1. The summed E-state index contributed by atoms with van der Waals surface area (Å²) in [5.74, 6) is -0.386. The molecule has 25 heavy (non-hydrogen) atoms. The molecule has 2 aromatic heterocycles. The molecular weight excluding hydrogens is 380 g/mol. The quantitative estimate of drug-likeness (QED) is 0.532. The number of rotatable bonds is 5. The largest absolute Gasteiger partial charge is 0.351 e. The number of aromatic nitrogens is 2. The number of halogens is 1. The number of benzene rings is 1. The highest BCUT2D eigenvalue weighted by molar-refractivity contribution is 9.10. The number of hydrogen-bond acceptors (Lipinski definition) is 3. The summed E-state index contributed by atoms with van der Waals surface area (Å²) >= 11 is 3.41. The predicted molar refractivity (Wildman–Crippen MR) is 99.6 cm³/mol. The van der Waals surface area contributed by atoms with Gasteiger partial charge in [0, 0.05) is 17.2 Å². The van der Waals surface area contributed by atoms with Crippen molar-refractivity contribution < 1.29 is 4.79 Å². The molecule has 1 aromatic carbocycles. The zero-order valence-electron chi connectivity index (χ0n) is 13.3. The van der Waals surface area contributed by atoms with E-state index in [0.29, 0.717) is 18.7 Å². The number of pyridine rings is 1. The molecule has 6 heteroatoms. The van der Waals surface area contributed by atoms with Crippen LogP contribution in [0.3, 0.4) is 0 Å². The van der Waals surface area contributed by atoms with E-state index in [2.05, 4.69) is 26.2 Å². The molecule has 0 spiro atoms. The predicted octanol–water partition coefficient (Wildman–Crippen LogP) is 3.36. The number of nitrogens with zero attached hydrogens (tertiary/aromatic N) is 3. The normalized spacial score (nSPS) is 11.3. The second-order valence-electron chi connectivity index (χ2n) is 5.42. The molecule has 0 unspecified atom stereocenters. The lowest BCUT2D eigenvalue weighted by molar-refractivity contribution is -0.117. The molecule has 0 atom stereocenters. The molecule has 5 nitrogen and oxygen atoms in total. The summed E-state index contributed by atoms with van der Waals surface area (Å²) < 4.78 is 2.71. The number of imidazole rings is 1. The number of carbonyl (C=O) groups excluding carboxylic acids is 1. The third kappa shape index (κ3) is 4.14. The van der Waals surface area contributed by atoms with Crippen molar-refractivity contribution >= 4 is 33.6 Å². The maximum Gasteiger partial charge on any atom is 0.262 e. The molecule has 0 fully saturated rings. The van der Waals surface area contributed by atoms with Gasteiger partial charge < -0.3 is 5.32 Å². The van der Waals surface area contributed by atoms with E-state index in [9.17, 15) is 10.1 Å². The first-order valence-corrected chi connectivity index (χ1v) is 8.53. The van der Waals surface area contributed by atoms with Crippen LogP contribution in [-0.2, 0) is 11.2 Å². The molecule has 0 aliphatic rings. The molecule has 124 valence electrons. The maximum absolute atomic E-state index is 12.3. The van der Waals surface area contributed by atoms with E-state index in [0.717, 1.165) is 15.7 Å². The van der Waals surface area contributed by atoms with E-state index in [-0.39, 0.29) is 11.5 Å². The van der Waals surface area contributed by atoms with Crippen molar-refractivity contribution in [3.8, 4) is 6.07 Å². The van der Waals surface area contributed by atoms with Crippen LogP contribution in [0.5, 0.6) is 0 Å². The molecule has 3 aromatic rings. The highest BCUT2D eigenvalue weighted by atomic mass is 79.9. The van der Waals surface area contributed by atoms with E-state index in [1.807, 2.05) is 59.1 Å². The van der Waals surface area contributed by atoms with Gasteiger partial charge in [0.25, 0.3) is 5.91 Å². The minimum absolute atomic E-state index is 0.0508. The Hall–Kier alpha value is -2.91. The van der Waals surface area contributed by atoms with Crippen LogP contribution in [0.4, 0.5) is 0 Å². The summed E-state index contributed by atoms with van der Waals surface area (Å²) in [6.45, 7) is 0.473. The van der Waals surface area contributed by atoms with Crippen LogP contribution in [-0.4, -0.2) is 21.8 Å². The van der Waals surface area contributed by atoms with E-state index < -0.39 is 0 Å². The van der Waals surface area contributed by atoms with Gasteiger partial charge in [0.1, 0.15) is 17.3 Å². The number of carbonyl (C=O) groups is 1. The number of hydrogen-bond donors (Lipinski definition) is 1. The maximum atomic E-state index is 12.3. The molecule has 0 radical (unpaired) electrons. The Kier molecular flexibility index (Phi) is 5.26. The fourth-order valence-electron chi connectivity index (χ4n) is 2.44. The first kappa shape index (κ1) is 16.9. The van der Waals surface area contributed by atoms with Crippen LogP contribution in [0.25, 0.3) is 11.7 Å². The van der Waals surface area contributed by atoms with Crippen molar-refractivity contribution in [1.29, 1.82) is 5.26 Å². The zero-order chi connectivity index (χ0) is 17.6. The lowest BCUT2D eigenvalue weighted by Crippen LogP contribution is -2.26. The summed E-state index contributed by atoms with van der Waals surface area (Å²) in [6.07, 6.45) is 5.74. The van der Waals surface area contributed by atoms with Gasteiger partial charge in [-0.1, -0.05) is 30.3 Å². The van der Waals surface area contributed by atoms with Crippen LogP contribution in [0.2, 0.25) is 0 Å². The van der Waals surface area contributed by atoms with Crippen molar-refractivity contribution in [2.24, 2.45) is 0 Å². The van der Waals surface area contributed by atoms with Crippen LogP contribution >= 0.6 is 15.9 Å². The SMILES string of the molecule is N#CC(=Cc1cnc2ccc(Br)cn12)C(=O)NCCc1ccccc1. The van der Waals surface area contributed by atoms with Crippen LogP contribution in [0.15, 0.2) is 64.9 Å². The van der Waals surface area contributed by atoms with Gasteiger partial charge in [0.2, 0.25) is 0 Å². The smallest absolute Gasteiger partial charge is 0.262 e. The monoisotopic (exact) mass is 394 g/mol. The van der Waals surface area contributed by atoms with E-state index in [1.165, 1.54) is 0 Å². The molecule has 3 rings (SSSR count). The molecule has 0 saturated carbocycles. The molecule has 0 aliphatic carbocycles. The standard InChI is InChI=1S/C19H15BrN4O/c20-16-6-7-18-23-12-17(24(18)13-16)10-15(11-21)19(25)22-9-8-14-4-2-1-3-5-14/h1-7,10,12-13H,8-9H2,(H,22,25). The van der Waals surface area contributed by atoms with Gasteiger partial charge in [-0.3, -0.25) is 9.20 Å². The summed E-state index contributed by atoms with van der Waals surface area (Å²) in [4.78, 5) is 16.5. The minimum Gasteiger partial charge on any atom is -0.351 e. The second-order valence-corrected chi connectivity index (χ2v) is 6.34. The van der Waals surface area contributed by atoms with Crippen molar-refractivity contribution in [2.75, 3.05) is 6.54 Å². The third-order valence-electron chi connectivity index (χ3n) is 3.70. The molecule has 1 amide bonds. The van der Waals surface area contributed by atoms with Gasteiger partial charge in [-0.05, 0) is 46.1 Å². The van der Waals surface area contributed by atoms with Gasteiger partial charge in [-0.2, -0.15) is 5.26 Å². The van der Waals surface area contributed by atoms with E-state index in [1.54, 1.807) is 12.3 Å². The van der Waals surface area contributed by atoms with Gasteiger partial charge in [-0.25, -0.2) is 4.98 Å². The van der Waals surface area contributed by atoms with E-state index >= 15 is 0 Å². The Labute approximate surface area is 153 Å². The lowest BCUT2D eigenvalue weighted by atomic mass is 10.1. The van der Waals surface area contributed by atoms with Crippen molar-refractivity contribution in [1.82, 2.24) is 14.7 Å².